The number of pyridine rings is 1. The summed E-state index contributed by atoms with van der Waals surface area (Å²) in [4.78, 5) is 24.2. The number of ether oxygens (including phenoxy) is 3. The molecule has 0 aliphatic carbocycles. The van der Waals surface area contributed by atoms with E-state index < -0.39 is 0 Å². The highest BCUT2D eigenvalue weighted by atomic mass is 32.1. The average molecular weight is 476 g/mol. The van der Waals surface area contributed by atoms with Gasteiger partial charge < -0.3 is 14.2 Å². The maximum Gasteiger partial charge on any atom is 0.233 e. The molecule has 0 radical (unpaired) electrons. The van der Waals surface area contributed by atoms with Gasteiger partial charge in [0.25, 0.3) is 0 Å². The molecule has 0 aliphatic heterocycles. The van der Waals surface area contributed by atoms with Crippen LogP contribution >= 0.6 is 11.3 Å². The molecule has 0 bridgehead atoms. The minimum atomic E-state index is -0.115. The zero-order chi connectivity index (χ0) is 23.9. The third-order valence-electron chi connectivity index (χ3n) is 5.31. The Morgan fingerprint density at radius 1 is 0.912 bits per heavy atom. The van der Waals surface area contributed by atoms with Gasteiger partial charge in [0.15, 0.2) is 16.6 Å². The zero-order valence-electron chi connectivity index (χ0n) is 19.2. The van der Waals surface area contributed by atoms with Crippen LogP contribution in [0.5, 0.6) is 17.2 Å². The minimum Gasteiger partial charge on any atom is -0.493 e. The number of thiazole rings is 1. The second-order valence-corrected chi connectivity index (χ2v) is 8.22. The molecule has 7 nitrogen and oxygen atoms in total. The first-order valence-electron chi connectivity index (χ1n) is 10.6. The molecular weight excluding hydrogens is 450 g/mol. The van der Waals surface area contributed by atoms with Crippen LogP contribution in [0.1, 0.15) is 11.1 Å². The van der Waals surface area contributed by atoms with Crippen LogP contribution in [0.3, 0.4) is 0 Å². The monoisotopic (exact) mass is 475 g/mol. The van der Waals surface area contributed by atoms with Crippen LogP contribution in [0.2, 0.25) is 0 Å². The summed E-state index contributed by atoms with van der Waals surface area (Å²) >= 11 is 1.44. The Kier molecular flexibility index (Phi) is 7.39. The van der Waals surface area contributed by atoms with Crippen molar-refractivity contribution in [1.29, 1.82) is 0 Å². The Morgan fingerprint density at radius 2 is 1.65 bits per heavy atom. The average Bonchev–Trinajstić information content (AvgIpc) is 3.38. The first-order chi connectivity index (χ1) is 16.6. The molecule has 2 aromatic heterocycles. The van der Waals surface area contributed by atoms with Crippen molar-refractivity contribution in [3.8, 4) is 28.5 Å². The van der Waals surface area contributed by atoms with Crippen molar-refractivity contribution in [2.75, 3.05) is 26.2 Å². The van der Waals surface area contributed by atoms with Gasteiger partial charge in [-0.15, -0.1) is 11.3 Å². The van der Waals surface area contributed by atoms with Gasteiger partial charge >= 0.3 is 0 Å². The van der Waals surface area contributed by atoms with E-state index in [1.807, 2.05) is 53.9 Å². The normalized spacial score (nSPS) is 10.6. The van der Waals surface area contributed by atoms with Crippen molar-refractivity contribution in [3.05, 3.63) is 83.5 Å². The van der Waals surface area contributed by atoms with Gasteiger partial charge in [-0.2, -0.15) is 0 Å². The number of rotatable bonds is 9. The van der Waals surface area contributed by atoms with Gasteiger partial charge in [-0.25, -0.2) is 4.98 Å². The Morgan fingerprint density at radius 3 is 2.32 bits per heavy atom. The molecule has 0 saturated heterocycles. The molecule has 0 unspecified atom stereocenters. The predicted molar refractivity (Wildman–Crippen MR) is 133 cm³/mol. The number of aromatic nitrogens is 2. The van der Waals surface area contributed by atoms with Crippen LogP contribution in [0, 0.1) is 0 Å². The number of methoxy groups -OCH3 is 3. The molecule has 0 aliphatic rings. The van der Waals surface area contributed by atoms with Crippen molar-refractivity contribution in [3.63, 3.8) is 0 Å². The molecule has 8 heteroatoms. The van der Waals surface area contributed by atoms with Crippen LogP contribution in [0.4, 0.5) is 5.13 Å². The van der Waals surface area contributed by atoms with E-state index in [1.54, 1.807) is 44.7 Å². The standard InChI is InChI=1S/C26H25N3O4S/c1-31-22-10-9-20(24(32-2)25(22)33-3)15-23(30)29(16-18-11-13-27-14-12-18)26-28-21(17-34-26)19-7-5-4-6-8-19/h4-14,17H,15-16H2,1-3H3. The van der Waals surface area contributed by atoms with E-state index in [0.29, 0.717) is 34.5 Å². The van der Waals surface area contributed by atoms with Crippen LogP contribution in [0.15, 0.2) is 72.4 Å². The van der Waals surface area contributed by atoms with Crippen LogP contribution in [-0.2, 0) is 17.8 Å². The van der Waals surface area contributed by atoms with E-state index in [0.717, 1.165) is 16.8 Å². The molecule has 0 spiro atoms. The lowest BCUT2D eigenvalue weighted by Gasteiger charge is -2.21. The first-order valence-corrected chi connectivity index (χ1v) is 11.5. The number of carbonyl (C=O) groups is 1. The maximum atomic E-state index is 13.6. The van der Waals surface area contributed by atoms with E-state index >= 15 is 0 Å². The van der Waals surface area contributed by atoms with Crippen LogP contribution < -0.4 is 19.1 Å². The summed E-state index contributed by atoms with van der Waals surface area (Å²) in [6.45, 7) is 0.374. The Hall–Kier alpha value is -3.91. The number of carbonyl (C=O) groups excluding carboxylic acids is 1. The van der Waals surface area contributed by atoms with Crippen molar-refractivity contribution in [1.82, 2.24) is 9.97 Å². The SMILES string of the molecule is COc1ccc(CC(=O)N(Cc2ccncc2)c2nc(-c3ccccc3)cs2)c(OC)c1OC. The zero-order valence-corrected chi connectivity index (χ0v) is 20.0. The van der Waals surface area contributed by atoms with Gasteiger partial charge in [0, 0.05) is 28.9 Å². The molecule has 34 heavy (non-hydrogen) atoms. The van der Waals surface area contributed by atoms with Crippen LogP contribution in [0.25, 0.3) is 11.3 Å². The number of anilines is 1. The number of hydrogen-bond acceptors (Lipinski definition) is 7. The van der Waals surface area contributed by atoms with E-state index in [1.165, 1.54) is 11.3 Å². The fraction of sp³-hybridized carbons (Fsp3) is 0.192. The molecule has 0 atom stereocenters. The maximum absolute atomic E-state index is 13.6. The van der Waals surface area contributed by atoms with Gasteiger partial charge in [0.1, 0.15) is 0 Å². The quantitative estimate of drug-likeness (QED) is 0.339. The highest BCUT2D eigenvalue weighted by molar-refractivity contribution is 7.14. The molecule has 174 valence electrons. The lowest BCUT2D eigenvalue weighted by atomic mass is 10.1. The highest BCUT2D eigenvalue weighted by Crippen LogP contribution is 2.40. The third-order valence-corrected chi connectivity index (χ3v) is 6.17. The van der Waals surface area contributed by atoms with Gasteiger partial charge in [0.05, 0.1) is 40.0 Å². The van der Waals surface area contributed by atoms with E-state index in [2.05, 4.69) is 4.98 Å². The fourth-order valence-corrected chi connectivity index (χ4v) is 4.47. The summed E-state index contributed by atoms with van der Waals surface area (Å²) in [7, 11) is 4.65. The summed E-state index contributed by atoms with van der Waals surface area (Å²) in [6, 6.07) is 17.3. The summed E-state index contributed by atoms with van der Waals surface area (Å²) in [6.07, 6.45) is 3.54. The Bertz CT molecular complexity index is 1250. The summed E-state index contributed by atoms with van der Waals surface area (Å²) in [5.41, 5.74) is 3.49. The number of nitrogens with zero attached hydrogens (tertiary/aromatic N) is 3. The topological polar surface area (TPSA) is 73.8 Å². The van der Waals surface area contributed by atoms with Gasteiger partial charge in [-0.05, 0) is 23.8 Å². The van der Waals surface area contributed by atoms with Gasteiger partial charge in [-0.1, -0.05) is 36.4 Å². The van der Waals surface area contributed by atoms with Crippen molar-refractivity contribution in [2.45, 2.75) is 13.0 Å². The smallest absolute Gasteiger partial charge is 0.233 e. The summed E-state index contributed by atoms with van der Waals surface area (Å²) in [5, 5.41) is 2.59. The summed E-state index contributed by atoms with van der Waals surface area (Å²) < 4.78 is 16.4. The van der Waals surface area contributed by atoms with E-state index in [9.17, 15) is 4.79 Å². The number of amides is 1. The van der Waals surface area contributed by atoms with E-state index in [-0.39, 0.29) is 12.3 Å². The lowest BCUT2D eigenvalue weighted by Crippen LogP contribution is -2.31. The predicted octanol–water partition coefficient (Wildman–Crippen LogP) is 5.01. The first kappa shape index (κ1) is 23.3. The molecule has 4 rings (SSSR count). The summed E-state index contributed by atoms with van der Waals surface area (Å²) in [5.74, 6) is 1.35. The molecule has 2 heterocycles. The largest absolute Gasteiger partial charge is 0.493 e. The molecule has 0 fully saturated rings. The van der Waals surface area contributed by atoms with Gasteiger partial charge in [-0.3, -0.25) is 14.7 Å². The molecular formula is C26H25N3O4S. The van der Waals surface area contributed by atoms with Crippen molar-refractivity contribution >= 4 is 22.4 Å². The highest BCUT2D eigenvalue weighted by Gasteiger charge is 2.24. The molecule has 0 N–H and O–H groups in total. The number of hydrogen-bond donors (Lipinski definition) is 0. The number of benzene rings is 2. The van der Waals surface area contributed by atoms with Crippen molar-refractivity contribution in [2.24, 2.45) is 0 Å². The third kappa shape index (κ3) is 5.02. The molecule has 1 amide bonds. The van der Waals surface area contributed by atoms with Crippen molar-refractivity contribution < 1.29 is 19.0 Å². The second-order valence-electron chi connectivity index (χ2n) is 7.39. The van der Waals surface area contributed by atoms with Crippen LogP contribution in [-0.4, -0.2) is 37.2 Å². The molecule has 4 aromatic rings. The molecule has 2 aromatic carbocycles. The van der Waals surface area contributed by atoms with Gasteiger partial charge in [0.2, 0.25) is 11.7 Å². The molecule has 0 saturated carbocycles. The Labute approximate surface area is 202 Å². The minimum absolute atomic E-state index is 0.106. The fourth-order valence-electron chi connectivity index (χ4n) is 3.62. The second kappa shape index (κ2) is 10.8. The van der Waals surface area contributed by atoms with E-state index in [4.69, 9.17) is 19.2 Å². The Balaban J connectivity index is 1.67. The lowest BCUT2D eigenvalue weighted by molar-refractivity contribution is -0.118.